The summed E-state index contributed by atoms with van der Waals surface area (Å²) in [6.45, 7) is 0.564. The Morgan fingerprint density at radius 3 is 2.81 bits per heavy atom. The third-order valence-electron chi connectivity index (χ3n) is 3.40. The normalized spacial score (nSPS) is 12.7. The minimum absolute atomic E-state index is 0.299. The summed E-state index contributed by atoms with van der Waals surface area (Å²) in [4.78, 5) is 4.38. The Morgan fingerprint density at radius 2 is 2.00 bits per heavy atom. The van der Waals surface area contributed by atoms with Gasteiger partial charge in [-0.3, -0.25) is 0 Å². The number of rotatable bonds is 5. The van der Waals surface area contributed by atoms with Gasteiger partial charge in [-0.2, -0.15) is 4.98 Å². The number of ether oxygens (including phenoxy) is 1. The third-order valence-corrected chi connectivity index (χ3v) is 3.40. The van der Waals surface area contributed by atoms with E-state index in [2.05, 4.69) is 22.3 Å². The van der Waals surface area contributed by atoms with Gasteiger partial charge >= 0.3 is 0 Å². The molecular weight excluding hydrogens is 266 g/mol. The van der Waals surface area contributed by atoms with Gasteiger partial charge in [0.2, 0.25) is 11.7 Å². The molecule has 0 spiro atoms. The molecule has 21 heavy (non-hydrogen) atoms. The van der Waals surface area contributed by atoms with Crippen LogP contribution in [-0.4, -0.2) is 23.9 Å². The van der Waals surface area contributed by atoms with E-state index in [0.29, 0.717) is 24.7 Å². The van der Waals surface area contributed by atoms with Crippen molar-refractivity contribution in [2.45, 2.75) is 12.5 Å². The van der Waals surface area contributed by atoms with Gasteiger partial charge in [0.25, 0.3) is 0 Å². The van der Waals surface area contributed by atoms with Crippen LogP contribution in [0.2, 0.25) is 0 Å². The Labute approximate surface area is 122 Å². The van der Waals surface area contributed by atoms with Crippen molar-refractivity contribution in [3.05, 3.63) is 48.4 Å². The summed E-state index contributed by atoms with van der Waals surface area (Å²) in [5, 5.41) is 6.34. The summed E-state index contributed by atoms with van der Waals surface area (Å²) in [5.41, 5.74) is 6.91. The lowest BCUT2D eigenvalue weighted by Crippen LogP contribution is -2.12. The van der Waals surface area contributed by atoms with Crippen molar-refractivity contribution in [3.8, 4) is 11.4 Å². The molecule has 0 saturated carbocycles. The van der Waals surface area contributed by atoms with Gasteiger partial charge in [0, 0.05) is 19.3 Å². The SMILES string of the molecule is COCCC(N)c1nc(-c2ccc3ccccc3c2)no1. The first kappa shape index (κ1) is 13.7. The van der Waals surface area contributed by atoms with Crippen LogP contribution in [0.3, 0.4) is 0 Å². The van der Waals surface area contributed by atoms with Crippen molar-refractivity contribution in [3.63, 3.8) is 0 Å². The van der Waals surface area contributed by atoms with E-state index in [0.717, 1.165) is 10.9 Å². The fraction of sp³-hybridized carbons (Fsp3) is 0.250. The maximum Gasteiger partial charge on any atom is 0.243 e. The molecule has 0 radical (unpaired) electrons. The first-order chi connectivity index (χ1) is 10.3. The van der Waals surface area contributed by atoms with Crippen molar-refractivity contribution >= 4 is 10.8 Å². The van der Waals surface area contributed by atoms with Gasteiger partial charge in [-0.05, 0) is 23.3 Å². The molecule has 1 unspecified atom stereocenters. The second kappa shape index (κ2) is 6.03. The molecule has 3 aromatic rings. The molecule has 2 aromatic carbocycles. The first-order valence-electron chi connectivity index (χ1n) is 6.85. The molecule has 0 amide bonds. The van der Waals surface area contributed by atoms with Crippen LogP contribution in [0, 0.1) is 0 Å². The highest BCUT2D eigenvalue weighted by atomic mass is 16.5. The highest BCUT2D eigenvalue weighted by Crippen LogP contribution is 2.23. The predicted octanol–water partition coefficient (Wildman–Crippen LogP) is 2.93. The number of nitrogens with zero attached hydrogens (tertiary/aromatic N) is 2. The zero-order chi connectivity index (χ0) is 14.7. The number of methoxy groups -OCH3 is 1. The van der Waals surface area contributed by atoms with Gasteiger partial charge in [0.1, 0.15) is 0 Å². The van der Waals surface area contributed by atoms with Gasteiger partial charge in [0.05, 0.1) is 6.04 Å². The molecule has 2 N–H and O–H groups in total. The minimum atomic E-state index is -0.299. The number of hydrogen-bond acceptors (Lipinski definition) is 5. The average molecular weight is 283 g/mol. The second-order valence-electron chi connectivity index (χ2n) is 4.91. The zero-order valence-corrected chi connectivity index (χ0v) is 11.8. The summed E-state index contributed by atoms with van der Waals surface area (Å²) in [7, 11) is 1.64. The number of aromatic nitrogens is 2. The summed E-state index contributed by atoms with van der Waals surface area (Å²) in [6.07, 6.45) is 0.649. The van der Waals surface area contributed by atoms with E-state index in [9.17, 15) is 0 Å². The van der Waals surface area contributed by atoms with Crippen molar-refractivity contribution in [2.24, 2.45) is 5.73 Å². The third kappa shape index (κ3) is 2.94. The van der Waals surface area contributed by atoms with Crippen molar-refractivity contribution in [2.75, 3.05) is 13.7 Å². The van der Waals surface area contributed by atoms with Crippen LogP contribution >= 0.6 is 0 Å². The smallest absolute Gasteiger partial charge is 0.243 e. The molecular formula is C16H17N3O2. The van der Waals surface area contributed by atoms with Crippen LogP contribution in [-0.2, 0) is 4.74 Å². The maximum atomic E-state index is 5.99. The van der Waals surface area contributed by atoms with E-state index < -0.39 is 0 Å². The van der Waals surface area contributed by atoms with Gasteiger partial charge in [-0.15, -0.1) is 0 Å². The number of benzene rings is 2. The highest BCUT2D eigenvalue weighted by molar-refractivity contribution is 5.86. The predicted molar refractivity (Wildman–Crippen MR) is 80.7 cm³/mol. The fourth-order valence-electron chi connectivity index (χ4n) is 2.20. The van der Waals surface area contributed by atoms with Crippen LogP contribution in [0.1, 0.15) is 18.4 Å². The Hall–Kier alpha value is -2.24. The summed E-state index contributed by atoms with van der Waals surface area (Å²) < 4.78 is 10.3. The summed E-state index contributed by atoms with van der Waals surface area (Å²) >= 11 is 0. The molecule has 5 nitrogen and oxygen atoms in total. The van der Waals surface area contributed by atoms with Gasteiger partial charge in [-0.1, -0.05) is 41.6 Å². The Kier molecular flexibility index (Phi) is 3.94. The molecule has 0 aliphatic rings. The standard InChI is InChI=1S/C16H17N3O2/c1-20-9-8-14(17)16-18-15(19-21-16)13-7-6-11-4-2-3-5-12(11)10-13/h2-7,10,14H,8-9,17H2,1H3. The average Bonchev–Trinajstić information content (AvgIpc) is 3.02. The molecule has 0 saturated heterocycles. The lowest BCUT2D eigenvalue weighted by molar-refractivity contribution is 0.182. The summed E-state index contributed by atoms with van der Waals surface area (Å²) in [6, 6.07) is 13.9. The molecule has 1 aromatic heterocycles. The lowest BCUT2D eigenvalue weighted by atomic mass is 10.1. The highest BCUT2D eigenvalue weighted by Gasteiger charge is 2.15. The van der Waals surface area contributed by atoms with E-state index in [-0.39, 0.29) is 6.04 Å². The topological polar surface area (TPSA) is 74.2 Å². The molecule has 5 heteroatoms. The Bertz CT molecular complexity index is 739. The number of nitrogens with two attached hydrogens (primary N) is 1. The molecule has 3 rings (SSSR count). The van der Waals surface area contributed by atoms with E-state index in [1.807, 2.05) is 30.3 Å². The Balaban J connectivity index is 1.87. The number of fused-ring (bicyclic) bond motifs is 1. The van der Waals surface area contributed by atoms with Crippen molar-refractivity contribution in [1.29, 1.82) is 0 Å². The second-order valence-corrected chi connectivity index (χ2v) is 4.91. The van der Waals surface area contributed by atoms with Crippen molar-refractivity contribution in [1.82, 2.24) is 10.1 Å². The van der Waals surface area contributed by atoms with Crippen LogP contribution in [0.25, 0.3) is 22.2 Å². The molecule has 0 bridgehead atoms. The molecule has 1 heterocycles. The first-order valence-corrected chi connectivity index (χ1v) is 6.85. The van der Waals surface area contributed by atoms with Gasteiger partial charge < -0.3 is 15.0 Å². The largest absolute Gasteiger partial charge is 0.385 e. The monoisotopic (exact) mass is 283 g/mol. The minimum Gasteiger partial charge on any atom is -0.385 e. The Morgan fingerprint density at radius 1 is 1.19 bits per heavy atom. The molecule has 0 aliphatic heterocycles. The lowest BCUT2D eigenvalue weighted by Gasteiger charge is -2.04. The molecule has 0 aliphatic carbocycles. The van der Waals surface area contributed by atoms with E-state index >= 15 is 0 Å². The van der Waals surface area contributed by atoms with Gasteiger partial charge in [-0.25, -0.2) is 0 Å². The van der Waals surface area contributed by atoms with Crippen LogP contribution in [0.5, 0.6) is 0 Å². The maximum absolute atomic E-state index is 5.99. The van der Waals surface area contributed by atoms with E-state index in [4.69, 9.17) is 15.0 Å². The van der Waals surface area contributed by atoms with Crippen molar-refractivity contribution < 1.29 is 9.26 Å². The molecule has 0 fully saturated rings. The molecule has 108 valence electrons. The van der Waals surface area contributed by atoms with E-state index in [1.165, 1.54) is 5.39 Å². The van der Waals surface area contributed by atoms with Gasteiger partial charge in [0.15, 0.2) is 0 Å². The fourth-order valence-corrected chi connectivity index (χ4v) is 2.20. The quantitative estimate of drug-likeness (QED) is 0.779. The number of hydrogen-bond donors (Lipinski definition) is 1. The van der Waals surface area contributed by atoms with Crippen LogP contribution < -0.4 is 5.73 Å². The van der Waals surface area contributed by atoms with Crippen LogP contribution in [0.15, 0.2) is 47.0 Å². The zero-order valence-electron chi connectivity index (χ0n) is 11.8. The molecule has 1 atom stereocenters. The summed E-state index contributed by atoms with van der Waals surface area (Å²) in [5.74, 6) is 0.999. The van der Waals surface area contributed by atoms with Crippen LogP contribution in [0.4, 0.5) is 0 Å². The van der Waals surface area contributed by atoms with E-state index in [1.54, 1.807) is 7.11 Å².